The molecular formula is C23H36N2O5. The van der Waals surface area contributed by atoms with Gasteiger partial charge in [0.05, 0.1) is 19.3 Å². The third kappa shape index (κ3) is 6.99. The van der Waals surface area contributed by atoms with Crippen LogP contribution in [0.15, 0.2) is 24.3 Å². The van der Waals surface area contributed by atoms with E-state index in [0.717, 1.165) is 18.4 Å². The van der Waals surface area contributed by atoms with Crippen LogP contribution in [0, 0.1) is 17.8 Å². The number of benzene rings is 1. The molecule has 5 atom stereocenters. The lowest BCUT2D eigenvalue weighted by Crippen LogP contribution is -2.45. The Morgan fingerprint density at radius 3 is 2.37 bits per heavy atom. The molecule has 168 valence electrons. The van der Waals surface area contributed by atoms with Crippen molar-refractivity contribution in [2.24, 2.45) is 17.8 Å². The van der Waals surface area contributed by atoms with E-state index in [4.69, 9.17) is 14.2 Å². The molecule has 0 radical (unpaired) electrons. The van der Waals surface area contributed by atoms with E-state index in [1.807, 2.05) is 24.3 Å². The van der Waals surface area contributed by atoms with E-state index in [-0.39, 0.29) is 25.5 Å². The van der Waals surface area contributed by atoms with E-state index in [0.29, 0.717) is 30.0 Å². The van der Waals surface area contributed by atoms with Crippen LogP contribution >= 0.6 is 0 Å². The van der Waals surface area contributed by atoms with Crippen molar-refractivity contribution in [1.29, 1.82) is 0 Å². The Hall–Kier alpha value is -2.12. The van der Waals surface area contributed by atoms with Crippen molar-refractivity contribution in [3.63, 3.8) is 0 Å². The van der Waals surface area contributed by atoms with E-state index in [1.165, 1.54) is 0 Å². The lowest BCUT2D eigenvalue weighted by molar-refractivity contribution is -0.247. The first-order chi connectivity index (χ1) is 14.3. The number of esters is 1. The van der Waals surface area contributed by atoms with Crippen LogP contribution in [0.5, 0.6) is 0 Å². The number of carbonyl (C=O) groups is 2. The van der Waals surface area contributed by atoms with Crippen LogP contribution in [0.3, 0.4) is 0 Å². The smallest absolute Gasteiger partial charge is 0.325 e. The summed E-state index contributed by atoms with van der Waals surface area (Å²) in [5.74, 6) is 1.00. The molecule has 1 fully saturated rings. The highest BCUT2D eigenvalue weighted by Crippen LogP contribution is 2.36. The zero-order valence-corrected chi connectivity index (χ0v) is 18.8. The van der Waals surface area contributed by atoms with E-state index in [1.54, 1.807) is 6.92 Å². The minimum Gasteiger partial charge on any atom is -0.465 e. The van der Waals surface area contributed by atoms with Crippen molar-refractivity contribution in [3.8, 4) is 0 Å². The van der Waals surface area contributed by atoms with Crippen LogP contribution in [0.2, 0.25) is 0 Å². The van der Waals surface area contributed by atoms with Gasteiger partial charge in [0.2, 0.25) is 0 Å². The van der Waals surface area contributed by atoms with Gasteiger partial charge in [-0.1, -0.05) is 39.8 Å². The minimum absolute atomic E-state index is 0.160. The van der Waals surface area contributed by atoms with Gasteiger partial charge in [0.25, 0.3) is 0 Å². The molecule has 1 aromatic rings. The molecule has 0 aromatic heterocycles. The van der Waals surface area contributed by atoms with Crippen molar-refractivity contribution in [2.45, 2.75) is 59.9 Å². The lowest BCUT2D eigenvalue weighted by atomic mass is 9.78. The van der Waals surface area contributed by atoms with Crippen molar-refractivity contribution >= 4 is 17.7 Å². The summed E-state index contributed by atoms with van der Waals surface area (Å²) in [5, 5.41) is 5.15. The minimum atomic E-state index is -0.464. The zero-order chi connectivity index (χ0) is 22.1. The Labute approximate surface area is 179 Å². The summed E-state index contributed by atoms with van der Waals surface area (Å²) >= 11 is 0. The highest BCUT2D eigenvalue weighted by Gasteiger charge is 2.38. The zero-order valence-electron chi connectivity index (χ0n) is 18.8. The maximum absolute atomic E-state index is 11.8. The summed E-state index contributed by atoms with van der Waals surface area (Å²) < 4.78 is 17.0. The Bertz CT molecular complexity index is 677. The number of nitrogens with one attached hydrogen (secondary N) is 2. The lowest BCUT2D eigenvalue weighted by Gasteiger charge is -2.43. The summed E-state index contributed by atoms with van der Waals surface area (Å²) in [5.41, 5.74) is 1.77. The second-order valence-corrected chi connectivity index (χ2v) is 7.96. The summed E-state index contributed by atoms with van der Waals surface area (Å²) in [4.78, 5) is 23.1. The first kappa shape index (κ1) is 24.2. The Balaban J connectivity index is 1.75. The molecule has 2 amide bonds. The SMILES string of the molecule is CCOC(=O)CNC(=O)Nc1ccc(CCOC2OC(CC)C(C)C(C)C2C)cc1. The molecule has 2 N–H and O–H groups in total. The van der Waals surface area contributed by atoms with E-state index >= 15 is 0 Å². The van der Waals surface area contributed by atoms with Gasteiger partial charge in [0, 0.05) is 11.6 Å². The van der Waals surface area contributed by atoms with Crippen LogP contribution in [-0.4, -0.2) is 44.2 Å². The number of hydrogen-bond donors (Lipinski definition) is 2. The average Bonchev–Trinajstić information content (AvgIpc) is 2.73. The Morgan fingerprint density at radius 2 is 1.73 bits per heavy atom. The predicted octanol–water partition coefficient (Wildman–Crippen LogP) is 3.97. The van der Waals surface area contributed by atoms with Gasteiger partial charge in [-0.15, -0.1) is 0 Å². The topological polar surface area (TPSA) is 85.9 Å². The van der Waals surface area contributed by atoms with E-state index in [9.17, 15) is 9.59 Å². The Kier molecular flexibility index (Phi) is 9.59. The number of amides is 2. The third-order valence-corrected chi connectivity index (χ3v) is 5.97. The van der Waals surface area contributed by atoms with Crippen molar-refractivity contribution < 1.29 is 23.8 Å². The first-order valence-electron chi connectivity index (χ1n) is 10.9. The highest BCUT2D eigenvalue weighted by atomic mass is 16.7. The fraction of sp³-hybridized carbons (Fsp3) is 0.652. The number of ether oxygens (including phenoxy) is 3. The third-order valence-electron chi connectivity index (χ3n) is 5.97. The number of hydrogen-bond acceptors (Lipinski definition) is 5. The Morgan fingerprint density at radius 1 is 1.03 bits per heavy atom. The van der Waals surface area contributed by atoms with Crippen LogP contribution < -0.4 is 10.6 Å². The van der Waals surface area contributed by atoms with Crippen molar-refractivity contribution in [2.75, 3.05) is 25.1 Å². The molecule has 7 nitrogen and oxygen atoms in total. The number of urea groups is 1. The van der Waals surface area contributed by atoms with E-state index in [2.05, 4.69) is 38.3 Å². The molecule has 0 saturated carbocycles. The largest absolute Gasteiger partial charge is 0.465 e. The molecule has 1 saturated heterocycles. The second-order valence-electron chi connectivity index (χ2n) is 7.96. The monoisotopic (exact) mass is 420 g/mol. The molecule has 30 heavy (non-hydrogen) atoms. The molecule has 0 spiro atoms. The molecule has 7 heteroatoms. The first-order valence-corrected chi connectivity index (χ1v) is 10.9. The molecule has 1 aliphatic rings. The standard InChI is InChI=1S/C23H36N2O5/c1-6-20-16(4)15(3)17(5)22(30-20)29-13-12-18-8-10-19(11-9-18)25-23(27)24-14-21(26)28-7-2/h8-11,15-17,20,22H,6-7,12-14H2,1-5H3,(H2,24,25,27). The normalized spacial score (nSPS) is 26.1. The van der Waals surface area contributed by atoms with Crippen molar-refractivity contribution in [1.82, 2.24) is 5.32 Å². The van der Waals surface area contributed by atoms with Gasteiger partial charge in [0.1, 0.15) is 6.54 Å². The van der Waals surface area contributed by atoms with Crippen LogP contribution in [0.1, 0.15) is 46.6 Å². The fourth-order valence-electron chi connectivity index (χ4n) is 3.73. The van der Waals surface area contributed by atoms with Gasteiger partial charge < -0.3 is 24.8 Å². The quantitative estimate of drug-likeness (QED) is 0.590. The van der Waals surface area contributed by atoms with Crippen LogP contribution in [0.4, 0.5) is 10.5 Å². The summed E-state index contributed by atoms with van der Waals surface area (Å²) in [6.45, 7) is 11.3. The van der Waals surface area contributed by atoms with E-state index < -0.39 is 12.0 Å². The molecule has 1 heterocycles. The maximum Gasteiger partial charge on any atom is 0.325 e. The summed E-state index contributed by atoms with van der Waals surface area (Å²) in [6, 6.07) is 7.12. The number of anilines is 1. The van der Waals surface area contributed by atoms with Gasteiger partial charge in [-0.2, -0.15) is 0 Å². The predicted molar refractivity (Wildman–Crippen MR) is 116 cm³/mol. The molecule has 1 aliphatic heterocycles. The molecule has 0 bridgehead atoms. The summed E-state index contributed by atoms with van der Waals surface area (Å²) in [6.07, 6.45) is 1.86. The van der Waals surface area contributed by atoms with Crippen LogP contribution in [-0.2, 0) is 25.4 Å². The number of rotatable bonds is 9. The van der Waals surface area contributed by atoms with Crippen molar-refractivity contribution in [3.05, 3.63) is 29.8 Å². The van der Waals surface area contributed by atoms with Crippen LogP contribution in [0.25, 0.3) is 0 Å². The maximum atomic E-state index is 11.8. The van der Waals surface area contributed by atoms with Gasteiger partial charge in [-0.3, -0.25) is 4.79 Å². The van der Waals surface area contributed by atoms with Gasteiger partial charge in [-0.25, -0.2) is 4.79 Å². The molecule has 1 aromatic carbocycles. The summed E-state index contributed by atoms with van der Waals surface area (Å²) in [7, 11) is 0. The average molecular weight is 421 g/mol. The molecule has 5 unspecified atom stereocenters. The second kappa shape index (κ2) is 11.9. The molecular weight excluding hydrogens is 384 g/mol. The molecule has 2 rings (SSSR count). The van der Waals surface area contributed by atoms with Gasteiger partial charge in [-0.05, 0) is 49.3 Å². The number of carbonyl (C=O) groups excluding carboxylic acids is 2. The fourth-order valence-corrected chi connectivity index (χ4v) is 3.73. The highest BCUT2D eigenvalue weighted by molar-refractivity contribution is 5.91. The molecule has 0 aliphatic carbocycles. The van der Waals surface area contributed by atoms with Gasteiger partial charge in [0.15, 0.2) is 6.29 Å². The van der Waals surface area contributed by atoms with Gasteiger partial charge >= 0.3 is 12.0 Å².